The Morgan fingerprint density at radius 3 is 2.59 bits per heavy atom. The van der Waals surface area contributed by atoms with Crippen molar-refractivity contribution in [3.63, 3.8) is 0 Å². The second kappa shape index (κ2) is 7.82. The van der Waals surface area contributed by atoms with Crippen molar-refractivity contribution >= 4 is 26.8 Å². The first kappa shape index (κ1) is 22.2. The molecule has 0 unspecified atom stereocenters. The summed E-state index contributed by atoms with van der Waals surface area (Å²) in [5.41, 5.74) is 1.36. The Morgan fingerprint density at radius 2 is 1.94 bits per heavy atom. The summed E-state index contributed by atoms with van der Waals surface area (Å²) in [5, 5.41) is 28.4. The third-order valence-electron chi connectivity index (χ3n) is 5.37. The molecule has 2 N–H and O–H groups in total. The van der Waals surface area contributed by atoms with Gasteiger partial charge in [-0.2, -0.15) is 0 Å². The summed E-state index contributed by atoms with van der Waals surface area (Å²) in [7, 11) is -3.42. The number of hydrogen-bond acceptors (Lipinski definition) is 9. The van der Waals surface area contributed by atoms with E-state index in [4.69, 9.17) is 9.97 Å². The number of rotatable bonds is 4. The van der Waals surface area contributed by atoms with E-state index in [9.17, 15) is 18.6 Å². The first-order valence-electron chi connectivity index (χ1n) is 10.2. The molecule has 3 heterocycles. The molecular weight excluding hydrogens is 432 g/mol. The molecule has 0 bridgehead atoms. The SMILES string of the molecule is CC(C)(C)c1nc(N2CC[C@H](O)/C2=C\O)c2nnn(Cc3ccccc3S(C)(=O)=O)c2n1. The van der Waals surface area contributed by atoms with E-state index >= 15 is 0 Å². The van der Waals surface area contributed by atoms with Gasteiger partial charge in [0, 0.05) is 18.2 Å². The Kier molecular flexibility index (Phi) is 5.41. The van der Waals surface area contributed by atoms with Crippen LogP contribution in [0.2, 0.25) is 0 Å². The molecule has 3 aromatic rings. The fourth-order valence-corrected chi connectivity index (χ4v) is 4.66. The number of sulfone groups is 1. The van der Waals surface area contributed by atoms with E-state index < -0.39 is 21.4 Å². The number of fused-ring (bicyclic) bond motifs is 1. The van der Waals surface area contributed by atoms with Crippen molar-refractivity contribution in [2.24, 2.45) is 0 Å². The van der Waals surface area contributed by atoms with Crippen LogP contribution in [0.3, 0.4) is 0 Å². The van der Waals surface area contributed by atoms with Gasteiger partial charge < -0.3 is 15.1 Å². The van der Waals surface area contributed by atoms with Gasteiger partial charge in [0.05, 0.1) is 23.2 Å². The molecule has 0 amide bonds. The van der Waals surface area contributed by atoms with Crippen molar-refractivity contribution in [1.82, 2.24) is 25.0 Å². The Labute approximate surface area is 186 Å². The summed E-state index contributed by atoms with van der Waals surface area (Å²) >= 11 is 0. The Morgan fingerprint density at radius 1 is 1.22 bits per heavy atom. The summed E-state index contributed by atoms with van der Waals surface area (Å²) < 4.78 is 26.0. The molecule has 0 saturated carbocycles. The average molecular weight is 459 g/mol. The number of nitrogens with zero attached hydrogens (tertiary/aromatic N) is 6. The predicted octanol–water partition coefficient (Wildman–Crippen LogP) is 1.94. The van der Waals surface area contributed by atoms with Gasteiger partial charge >= 0.3 is 0 Å². The second-order valence-electron chi connectivity index (χ2n) is 8.93. The lowest BCUT2D eigenvalue weighted by molar-refractivity contribution is 0.216. The lowest BCUT2D eigenvalue weighted by atomic mass is 9.96. The minimum absolute atomic E-state index is 0.158. The fraction of sp³-hybridized carbons (Fsp3) is 0.429. The molecule has 4 rings (SSSR count). The Balaban J connectivity index is 1.89. The molecular formula is C21H26N6O4S. The quantitative estimate of drug-likeness (QED) is 0.562. The van der Waals surface area contributed by atoms with Gasteiger partial charge in [-0.25, -0.2) is 23.1 Å². The molecule has 0 spiro atoms. The third-order valence-corrected chi connectivity index (χ3v) is 6.57. The van der Waals surface area contributed by atoms with Crippen molar-refractivity contribution in [2.75, 3.05) is 17.7 Å². The van der Waals surface area contributed by atoms with Crippen molar-refractivity contribution in [3.05, 3.63) is 47.6 Å². The molecule has 1 aromatic carbocycles. The Bertz CT molecular complexity index is 1310. The van der Waals surface area contributed by atoms with Crippen molar-refractivity contribution in [1.29, 1.82) is 0 Å². The van der Waals surface area contributed by atoms with Crippen LogP contribution in [0.1, 0.15) is 38.6 Å². The maximum Gasteiger partial charge on any atom is 0.184 e. The van der Waals surface area contributed by atoms with Crippen LogP contribution in [0.25, 0.3) is 11.2 Å². The van der Waals surface area contributed by atoms with Crippen molar-refractivity contribution in [3.8, 4) is 0 Å². The first-order chi connectivity index (χ1) is 15.0. The van der Waals surface area contributed by atoms with Crippen LogP contribution in [-0.4, -0.2) is 62.5 Å². The highest BCUT2D eigenvalue weighted by molar-refractivity contribution is 7.90. The molecule has 2 aromatic heterocycles. The van der Waals surface area contributed by atoms with Crippen LogP contribution in [0.5, 0.6) is 0 Å². The number of hydrogen-bond donors (Lipinski definition) is 2. The molecule has 170 valence electrons. The minimum atomic E-state index is -3.42. The highest BCUT2D eigenvalue weighted by atomic mass is 32.2. The number of aliphatic hydroxyl groups excluding tert-OH is 2. The lowest BCUT2D eigenvalue weighted by Gasteiger charge is -2.23. The van der Waals surface area contributed by atoms with Crippen molar-refractivity contribution in [2.45, 2.75) is 50.2 Å². The molecule has 0 radical (unpaired) electrons. The zero-order valence-corrected chi connectivity index (χ0v) is 19.2. The molecule has 1 fully saturated rings. The highest BCUT2D eigenvalue weighted by Gasteiger charge is 2.33. The maximum absolute atomic E-state index is 12.2. The summed E-state index contributed by atoms with van der Waals surface area (Å²) in [5.74, 6) is 0.984. The van der Waals surface area contributed by atoms with E-state index in [1.807, 2.05) is 20.8 Å². The van der Waals surface area contributed by atoms with Gasteiger partial charge in [0.15, 0.2) is 26.8 Å². The van der Waals surface area contributed by atoms with Crippen LogP contribution in [0.4, 0.5) is 5.82 Å². The molecule has 1 aliphatic heterocycles. The number of benzene rings is 1. The predicted molar refractivity (Wildman–Crippen MR) is 119 cm³/mol. The topological polar surface area (TPSA) is 134 Å². The van der Waals surface area contributed by atoms with Crippen molar-refractivity contribution < 1.29 is 18.6 Å². The minimum Gasteiger partial charge on any atom is -0.514 e. The molecule has 11 heteroatoms. The zero-order chi connectivity index (χ0) is 23.3. The monoisotopic (exact) mass is 458 g/mol. The lowest BCUT2D eigenvalue weighted by Crippen LogP contribution is -2.24. The van der Waals surface area contributed by atoms with Crippen LogP contribution in [-0.2, 0) is 21.8 Å². The molecule has 1 aliphatic rings. The summed E-state index contributed by atoms with van der Waals surface area (Å²) in [6.45, 7) is 6.55. The standard InChI is InChI=1S/C21H26N6O4S/c1-21(2,3)20-22-18(26-10-9-15(29)14(26)12-28)17-19(23-20)27(25-24-17)11-13-7-5-6-8-16(13)32(4,30)31/h5-8,12,15,28-29H,9-11H2,1-4H3/b14-12+/t15-/m0/s1. The van der Waals surface area contributed by atoms with Crippen LogP contribution in [0.15, 0.2) is 41.1 Å². The molecule has 32 heavy (non-hydrogen) atoms. The van der Waals surface area contributed by atoms with E-state index in [1.54, 1.807) is 33.8 Å². The smallest absolute Gasteiger partial charge is 0.184 e. The second-order valence-corrected chi connectivity index (χ2v) is 10.9. The first-order valence-corrected chi connectivity index (χ1v) is 12.1. The van der Waals surface area contributed by atoms with E-state index in [2.05, 4.69) is 10.3 Å². The summed E-state index contributed by atoms with van der Waals surface area (Å²) in [6.07, 6.45) is 1.69. The number of aliphatic hydroxyl groups is 2. The van der Waals surface area contributed by atoms with Gasteiger partial charge in [0.1, 0.15) is 12.1 Å². The molecule has 10 nitrogen and oxygen atoms in total. The third kappa shape index (κ3) is 3.93. The highest BCUT2D eigenvalue weighted by Crippen LogP contribution is 2.33. The van der Waals surface area contributed by atoms with Crippen LogP contribution in [0, 0.1) is 0 Å². The van der Waals surface area contributed by atoms with Gasteiger partial charge in [-0.15, -0.1) is 5.10 Å². The molecule has 1 saturated heterocycles. The van der Waals surface area contributed by atoms with E-state index in [0.29, 0.717) is 47.0 Å². The van der Waals surface area contributed by atoms with Gasteiger partial charge in [-0.3, -0.25) is 0 Å². The molecule has 1 atom stereocenters. The Hall–Kier alpha value is -3.05. The van der Waals surface area contributed by atoms with E-state index in [-0.39, 0.29) is 11.4 Å². The molecule has 0 aliphatic carbocycles. The number of aromatic nitrogens is 5. The largest absolute Gasteiger partial charge is 0.514 e. The normalized spacial score (nSPS) is 18.7. The van der Waals surface area contributed by atoms with Gasteiger partial charge in [0.25, 0.3) is 0 Å². The van der Waals surface area contributed by atoms with Gasteiger partial charge in [-0.1, -0.05) is 44.2 Å². The van der Waals surface area contributed by atoms with Crippen LogP contribution < -0.4 is 4.90 Å². The maximum atomic E-state index is 12.2. The van der Waals surface area contributed by atoms with Gasteiger partial charge in [0.2, 0.25) is 0 Å². The fourth-order valence-electron chi connectivity index (χ4n) is 3.72. The zero-order valence-electron chi connectivity index (χ0n) is 18.4. The average Bonchev–Trinajstić information content (AvgIpc) is 3.29. The van der Waals surface area contributed by atoms with Gasteiger partial charge in [-0.05, 0) is 18.1 Å². The van der Waals surface area contributed by atoms with E-state index in [0.717, 1.165) is 6.26 Å². The summed E-state index contributed by atoms with van der Waals surface area (Å²) in [4.78, 5) is 11.3. The van der Waals surface area contributed by atoms with E-state index in [1.165, 1.54) is 6.26 Å². The van der Waals surface area contributed by atoms with Crippen LogP contribution >= 0.6 is 0 Å². The number of anilines is 1. The summed E-state index contributed by atoms with van der Waals surface area (Å²) in [6, 6.07) is 6.75.